The number of anilines is 1. The monoisotopic (exact) mass is 306 g/mol. The van der Waals surface area contributed by atoms with Crippen LogP contribution in [0.5, 0.6) is 0 Å². The molecule has 0 spiro atoms. The molecule has 1 heterocycles. The highest BCUT2D eigenvalue weighted by atomic mass is 16.6. The van der Waals surface area contributed by atoms with Gasteiger partial charge >= 0.3 is 0 Å². The van der Waals surface area contributed by atoms with E-state index in [1.807, 2.05) is 0 Å². The fourth-order valence-corrected chi connectivity index (χ4v) is 2.54. The molecule has 0 atom stereocenters. The van der Waals surface area contributed by atoms with Gasteiger partial charge in [0, 0.05) is 50.0 Å². The molecule has 0 aromatic heterocycles. The first-order valence-electron chi connectivity index (χ1n) is 7.46. The van der Waals surface area contributed by atoms with E-state index in [9.17, 15) is 14.9 Å². The van der Waals surface area contributed by atoms with Crippen molar-refractivity contribution >= 4 is 17.3 Å². The van der Waals surface area contributed by atoms with Crippen LogP contribution < -0.4 is 5.32 Å². The summed E-state index contributed by atoms with van der Waals surface area (Å²) in [5.41, 5.74) is 0.434. The molecule has 1 N–H and O–H groups in total. The highest BCUT2D eigenvalue weighted by molar-refractivity contribution is 5.92. The first-order valence-corrected chi connectivity index (χ1v) is 7.46. The summed E-state index contributed by atoms with van der Waals surface area (Å²) >= 11 is 0. The predicted molar refractivity (Wildman–Crippen MR) is 84.9 cm³/mol. The third kappa shape index (κ3) is 4.51. The Kier molecular flexibility index (Phi) is 5.46. The minimum Gasteiger partial charge on any atom is -0.325 e. The molecule has 0 aliphatic carbocycles. The molecule has 1 aliphatic rings. The number of hydrogen-bond donors (Lipinski definition) is 1. The quantitative estimate of drug-likeness (QED) is 0.660. The Hall–Kier alpha value is -1.99. The molecular weight excluding hydrogens is 284 g/mol. The number of nitrogens with zero attached hydrogens (tertiary/aromatic N) is 3. The molecule has 0 unspecified atom stereocenters. The molecule has 0 saturated carbocycles. The molecule has 7 heteroatoms. The summed E-state index contributed by atoms with van der Waals surface area (Å²) in [6.07, 6.45) is 0. The van der Waals surface area contributed by atoms with Crippen molar-refractivity contribution in [2.75, 3.05) is 38.0 Å². The smallest absolute Gasteiger partial charge is 0.271 e. The van der Waals surface area contributed by atoms with Crippen LogP contribution in [0.3, 0.4) is 0 Å². The number of nitro groups is 1. The van der Waals surface area contributed by atoms with E-state index in [1.54, 1.807) is 12.1 Å². The zero-order valence-corrected chi connectivity index (χ0v) is 13.0. The van der Waals surface area contributed by atoms with E-state index < -0.39 is 4.92 Å². The van der Waals surface area contributed by atoms with Crippen LogP contribution in [0.4, 0.5) is 11.4 Å². The van der Waals surface area contributed by atoms with E-state index in [0.29, 0.717) is 18.3 Å². The Morgan fingerprint density at radius 2 is 2.00 bits per heavy atom. The predicted octanol–water partition coefficient (Wildman–Crippen LogP) is 1.56. The average Bonchev–Trinajstić information content (AvgIpc) is 2.47. The number of benzene rings is 1. The van der Waals surface area contributed by atoms with Crippen LogP contribution in [-0.4, -0.2) is 59.4 Å². The van der Waals surface area contributed by atoms with Crippen molar-refractivity contribution in [1.29, 1.82) is 0 Å². The van der Waals surface area contributed by atoms with Gasteiger partial charge in [-0.3, -0.25) is 24.7 Å². The first-order chi connectivity index (χ1) is 10.5. The number of carbonyl (C=O) groups is 1. The van der Waals surface area contributed by atoms with Gasteiger partial charge in [-0.2, -0.15) is 0 Å². The van der Waals surface area contributed by atoms with Crippen LogP contribution >= 0.6 is 0 Å². The number of nitrogens with one attached hydrogen (secondary N) is 1. The van der Waals surface area contributed by atoms with Gasteiger partial charge in [-0.15, -0.1) is 0 Å². The zero-order chi connectivity index (χ0) is 16.1. The molecule has 1 fully saturated rings. The lowest BCUT2D eigenvalue weighted by atomic mass is 10.2. The summed E-state index contributed by atoms with van der Waals surface area (Å²) in [5, 5.41) is 13.4. The summed E-state index contributed by atoms with van der Waals surface area (Å²) in [7, 11) is 0. The minimum absolute atomic E-state index is 0.0247. The van der Waals surface area contributed by atoms with E-state index in [0.717, 1.165) is 26.2 Å². The summed E-state index contributed by atoms with van der Waals surface area (Å²) < 4.78 is 0. The van der Waals surface area contributed by atoms with Crippen molar-refractivity contribution < 1.29 is 9.72 Å². The topological polar surface area (TPSA) is 78.7 Å². The number of non-ortho nitro benzene ring substituents is 1. The van der Waals surface area contributed by atoms with Crippen molar-refractivity contribution in [3.05, 3.63) is 34.4 Å². The van der Waals surface area contributed by atoms with E-state index in [1.165, 1.54) is 12.1 Å². The van der Waals surface area contributed by atoms with E-state index in [-0.39, 0.29) is 11.6 Å². The Morgan fingerprint density at radius 3 is 2.59 bits per heavy atom. The Morgan fingerprint density at radius 1 is 1.32 bits per heavy atom. The van der Waals surface area contributed by atoms with Crippen LogP contribution in [-0.2, 0) is 4.79 Å². The highest BCUT2D eigenvalue weighted by Crippen LogP contribution is 2.17. The highest BCUT2D eigenvalue weighted by Gasteiger charge is 2.20. The van der Waals surface area contributed by atoms with Gasteiger partial charge in [-0.05, 0) is 19.9 Å². The number of piperazine rings is 1. The molecule has 2 rings (SSSR count). The lowest BCUT2D eigenvalue weighted by molar-refractivity contribution is -0.384. The van der Waals surface area contributed by atoms with E-state index in [4.69, 9.17) is 0 Å². The van der Waals surface area contributed by atoms with Gasteiger partial charge in [-0.1, -0.05) is 6.07 Å². The van der Waals surface area contributed by atoms with E-state index >= 15 is 0 Å². The lowest BCUT2D eigenvalue weighted by Gasteiger charge is -2.36. The van der Waals surface area contributed by atoms with Crippen molar-refractivity contribution in [3.8, 4) is 0 Å². The SMILES string of the molecule is CC(C)N1CCN(CC(=O)Nc2cccc([N+](=O)[O-])c2)CC1. The second kappa shape index (κ2) is 7.33. The second-order valence-electron chi connectivity index (χ2n) is 5.76. The number of rotatable bonds is 5. The van der Waals surface area contributed by atoms with Gasteiger partial charge in [0.1, 0.15) is 0 Å². The maximum absolute atomic E-state index is 12.0. The Bertz CT molecular complexity index is 539. The fraction of sp³-hybridized carbons (Fsp3) is 0.533. The summed E-state index contributed by atoms with van der Waals surface area (Å²) in [6.45, 7) is 8.30. The molecule has 1 aromatic rings. The summed E-state index contributed by atoms with van der Waals surface area (Å²) in [6, 6.07) is 6.52. The van der Waals surface area contributed by atoms with E-state index in [2.05, 4.69) is 29.0 Å². The second-order valence-corrected chi connectivity index (χ2v) is 5.76. The summed E-state index contributed by atoms with van der Waals surface area (Å²) in [5.74, 6) is -0.140. The normalized spacial score (nSPS) is 16.7. The van der Waals surface area contributed by atoms with Gasteiger partial charge in [0.15, 0.2) is 0 Å². The third-order valence-corrected chi connectivity index (χ3v) is 3.85. The minimum atomic E-state index is -0.471. The number of carbonyl (C=O) groups excluding carboxylic acids is 1. The van der Waals surface area contributed by atoms with Gasteiger partial charge in [0.05, 0.1) is 11.5 Å². The van der Waals surface area contributed by atoms with Gasteiger partial charge in [-0.25, -0.2) is 0 Å². The van der Waals surface area contributed by atoms with Crippen molar-refractivity contribution in [2.24, 2.45) is 0 Å². The Balaban J connectivity index is 1.84. The van der Waals surface area contributed by atoms with Crippen LogP contribution in [0.15, 0.2) is 24.3 Å². The molecule has 22 heavy (non-hydrogen) atoms. The molecule has 7 nitrogen and oxygen atoms in total. The molecule has 1 aromatic carbocycles. The molecule has 120 valence electrons. The van der Waals surface area contributed by atoms with Crippen LogP contribution in [0.2, 0.25) is 0 Å². The third-order valence-electron chi connectivity index (χ3n) is 3.85. The van der Waals surface area contributed by atoms with Crippen molar-refractivity contribution in [2.45, 2.75) is 19.9 Å². The summed E-state index contributed by atoms with van der Waals surface area (Å²) in [4.78, 5) is 26.8. The number of nitro benzene ring substituents is 1. The standard InChI is InChI=1S/C15H22N4O3/c1-12(2)18-8-6-17(7-9-18)11-15(20)16-13-4-3-5-14(10-13)19(21)22/h3-5,10,12H,6-9,11H2,1-2H3,(H,16,20). The molecule has 1 saturated heterocycles. The molecule has 1 aliphatic heterocycles. The number of hydrogen-bond acceptors (Lipinski definition) is 5. The average molecular weight is 306 g/mol. The maximum atomic E-state index is 12.0. The largest absolute Gasteiger partial charge is 0.325 e. The molecule has 1 amide bonds. The van der Waals surface area contributed by atoms with Crippen LogP contribution in [0, 0.1) is 10.1 Å². The van der Waals surface area contributed by atoms with Gasteiger partial charge in [0.25, 0.3) is 5.69 Å². The molecule has 0 bridgehead atoms. The maximum Gasteiger partial charge on any atom is 0.271 e. The lowest BCUT2D eigenvalue weighted by Crippen LogP contribution is -2.50. The van der Waals surface area contributed by atoms with Crippen LogP contribution in [0.25, 0.3) is 0 Å². The number of amides is 1. The van der Waals surface area contributed by atoms with Gasteiger partial charge in [0.2, 0.25) is 5.91 Å². The molecular formula is C15H22N4O3. The van der Waals surface area contributed by atoms with Crippen molar-refractivity contribution in [3.63, 3.8) is 0 Å². The first kappa shape index (κ1) is 16.4. The fourth-order valence-electron chi connectivity index (χ4n) is 2.54. The molecule has 0 radical (unpaired) electrons. The van der Waals surface area contributed by atoms with Crippen LogP contribution in [0.1, 0.15) is 13.8 Å². The van der Waals surface area contributed by atoms with Crippen molar-refractivity contribution in [1.82, 2.24) is 9.80 Å². The zero-order valence-electron chi connectivity index (χ0n) is 13.0. The Labute approximate surface area is 130 Å². The van der Waals surface area contributed by atoms with Gasteiger partial charge < -0.3 is 5.32 Å².